The van der Waals surface area contributed by atoms with Gasteiger partial charge in [0.15, 0.2) is 0 Å². The number of halogens is 7. The normalized spacial score (nSPS) is 32.3. The molecule has 0 aromatic heterocycles. The minimum atomic E-state index is -4.71. The number of rotatable bonds is 6. The number of hydrogen-bond acceptors (Lipinski definition) is 1. The van der Waals surface area contributed by atoms with Crippen molar-refractivity contribution in [2.45, 2.75) is 102 Å². The lowest BCUT2D eigenvalue weighted by Gasteiger charge is -2.38. The van der Waals surface area contributed by atoms with Gasteiger partial charge < -0.3 is 4.74 Å². The molecule has 0 unspecified atom stereocenters. The highest BCUT2D eigenvalue weighted by Crippen LogP contribution is 2.46. The summed E-state index contributed by atoms with van der Waals surface area (Å²) in [7, 11) is 0. The Morgan fingerprint density at radius 3 is 1.92 bits per heavy atom. The van der Waals surface area contributed by atoms with Crippen molar-refractivity contribution in [3.8, 4) is 5.75 Å². The zero-order valence-corrected chi connectivity index (χ0v) is 21.3. The van der Waals surface area contributed by atoms with Gasteiger partial charge in [-0.25, -0.2) is 8.78 Å². The molecule has 4 rings (SSSR count). The molecule has 0 radical (unpaired) electrons. The Hall–Kier alpha value is -1.73. The summed E-state index contributed by atoms with van der Waals surface area (Å²) in [5, 5.41) is 0. The van der Waals surface area contributed by atoms with Gasteiger partial charge in [-0.05, 0) is 99.5 Å². The molecule has 1 nitrogen and oxygen atoms in total. The van der Waals surface area contributed by atoms with Gasteiger partial charge in [-0.15, -0.1) is 0 Å². The molecule has 0 amide bonds. The molecule has 3 aliphatic carbocycles. The molecule has 8 heteroatoms. The van der Waals surface area contributed by atoms with Crippen LogP contribution in [0, 0.1) is 35.4 Å². The van der Waals surface area contributed by atoms with Gasteiger partial charge in [-0.1, -0.05) is 25.8 Å². The fourth-order valence-electron chi connectivity index (χ4n) is 6.78. The summed E-state index contributed by atoms with van der Waals surface area (Å²) in [5.74, 6) is -2.24. The second-order valence-electron chi connectivity index (χ2n) is 11.6. The van der Waals surface area contributed by atoms with Crippen molar-refractivity contribution in [1.82, 2.24) is 0 Å². The third kappa shape index (κ3) is 7.44. The van der Waals surface area contributed by atoms with Crippen molar-refractivity contribution < 1.29 is 35.5 Å². The minimum absolute atomic E-state index is 0.168. The van der Waals surface area contributed by atoms with Crippen molar-refractivity contribution in [1.29, 1.82) is 0 Å². The highest BCUT2D eigenvalue weighted by atomic mass is 19.4. The molecule has 208 valence electrons. The monoisotopic (exact) mass is 534 g/mol. The second-order valence-corrected chi connectivity index (χ2v) is 11.6. The van der Waals surface area contributed by atoms with Crippen LogP contribution in [0.2, 0.25) is 0 Å². The number of alkyl halides is 5. The first kappa shape index (κ1) is 28.3. The van der Waals surface area contributed by atoms with Crippen LogP contribution in [0.15, 0.2) is 30.1 Å². The summed E-state index contributed by atoms with van der Waals surface area (Å²) in [6, 6.07) is 3.71. The molecule has 3 aliphatic rings. The van der Waals surface area contributed by atoms with Crippen LogP contribution >= 0.6 is 0 Å². The Labute approximate surface area is 214 Å². The van der Waals surface area contributed by atoms with Gasteiger partial charge in [0, 0.05) is 12.0 Å². The average Bonchev–Trinajstić information content (AvgIpc) is 2.84. The van der Waals surface area contributed by atoms with E-state index in [0.29, 0.717) is 43.1 Å². The van der Waals surface area contributed by atoms with Gasteiger partial charge in [0.05, 0.1) is 12.0 Å². The van der Waals surface area contributed by atoms with Gasteiger partial charge in [-0.3, -0.25) is 0 Å². The maximum absolute atomic E-state index is 15.0. The molecule has 0 bridgehead atoms. The molecule has 0 aliphatic heterocycles. The topological polar surface area (TPSA) is 9.23 Å². The molecular formula is C29H37F7O. The maximum Gasteiger partial charge on any atom is 0.412 e. The van der Waals surface area contributed by atoms with E-state index in [-0.39, 0.29) is 30.6 Å². The predicted molar refractivity (Wildman–Crippen MR) is 128 cm³/mol. The smallest absolute Gasteiger partial charge is 0.412 e. The molecule has 0 heterocycles. The largest absolute Gasteiger partial charge is 0.432 e. The van der Waals surface area contributed by atoms with Crippen molar-refractivity contribution in [2.24, 2.45) is 29.6 Å². The van der Waals surface area contributed by atoms with Gasteiger partial charge in [-0.2, -0.15) is 22.0 Å². The number of hydrogen-bond donors (Lipinski definition) is 0. The lowest BCUT2D eigenvalue weighted by molar-refractivity contribution is -0.224. The first-order chi connectivity index (χ1) is 17.4. The Morgan fingerprint density at radius 2 is 1.38 bits per heavy atom. The van der Waals surface area contributed by atoms with Crippen LogP contribution in [0.5, 0.6) is 5.75 Å². The third-order valence-corrected chi connectivity index (χ3v) is 9.06. The molecule has 1 aromatic carbocycles. The van der Waals surface area contributed by atoms with Crippen LogP contribution in [0.3, 0.4) is 0 Å². The van der Waals surface area contributed by atoms with Gasteiger partial charge >= 0.3 is 12.3 Å². The fraction of sp³-hybridized carbons (Fsp3) is 0.724. The molecule has 1 aromatic rings. The first-order valence-electron chi connectivity index (χ1n) is 13.7. The molecule has 37 heavy (non-hydrogen) atoms. The Bertz CT molecular complexity index is 917. The Morgan fingerprint density at radius 1 is 0.811 bits per heavy atom. The van der Waals surface area contributed by atoms with Crippen LogP contribution in [0.1, 0.15) is 95.5 Å². The standard InChI is InChI=1S/C29H37F7O/c1-18-2-4-19(5-3-18)20-10-12-23(13-11-20)29(35,36)37-24-14-15-25(26(30)16-24)21-6-8-22(9-7-21)27(31)17-28(32,33)34/h14-23H,2-13H2,1H3/b27-17-. The average molecular weight is 535 g/mol. The first-order valence-corrected chi connectivity index (χ1v) is 13.7. The van der Waals surface area contributed by atoms with E-state index >= 15 is 0 Å². The highest BCUT2D eigenvalue weighted by molar-refractivity contribution is 5.32. The second kappa shape index (κ2) is 11.6. The third-order valence-electron chi connectivity index (χ3n) is 9.06. The van der Waals surface area contributed by atoms with Crippen molar-refractivity contribution >= 4 is 0 Å². The van der Waals surface area contributed by atoms with E-state index in [1.807, 2.05) is 0 Å². The molecule has 0 saturated heterocycles. The lowest BCUT2D eigenvalue weighted by atomic mass is 9.69. The Kier molecular flexibility index (Phi) is 8.84. The number of allylic oxidation sites excluding steroid dienone is 2. The maximum atomic E-state index is 15.0. The predicted octanol–water partition coefficient (Wildman–Crippen LogP) is 10.1. The SMILES string of the molecule is CC1CCC(C2CCC(C(F)(F)Oc3ccc(C4CCC(/C(F)=C/C(F)(F)F)CC4)c(F)c3)CC2)CC1. The summed E-state index contributed by atoms with van der Waals surface area (Å²) >= 11 is 0. The quantitative estimate of drug-likeness (QED) is 0.330. The summed E-state index contributed by atoms with van der Waals surface area (Å²) in [5.41, 5.74) is 0.302. The van der Waals surface area contributed by atoms with Crippen LogP contribution in [0.4, 0.5) is 30.7 Å². The summed E-state index contributed by atoms with van der Waals surface area (Å²) < 4.78 is 101. The van der Waals surface area contributed by atoms with Gasteiger partial charge in [0.1, 0.15) is 17.4 Å². The lowest BCUT2D eigenvalue weighted by Crippen LogP contribution is -2.38. The van der Waals surface area contributed by atoms with E-state index in [1.165, 1.54) is 37.8 Å². The van der Waals surface area contributed by atoms with Gasteiger partial charge in [0.25, 0.3) is 0 Å². The Balaban J connectivity index is 1.30. The van der Waals surface area contributed by atoms with Crippen LogP contribution in [0.25, 0.3) is 0 Å². The highest BCUT2D eigenvalue weighted by Gasteiger charge is 2.45. The molecule has 0 spiro atoms. The van der Waals surface area contributed by atoms with Crippen molar-refractivity contribution in [2.75, 3.05) is 0 Å². The summed E-state index contributed by atoms with van der Waals surface area (Å²) in [6.07, 6.45) is -0.270. The van der Waals surface area contributed by atoms with E-state index in [1.54, 1.807) is 0 Å². The van der Waals surface area contributed by atoms with Gasteiger partial charge in [0.2, 0.25) is 0 Å². The summed E-state index contributed by atoms with van der Waals surface area (Å²) in [4.78, 5) is 0. The number of benzene rings is 1. The molecule has 0 atom stereocenters. The molecule has 3 fully saturated rings. The molecule has 0 N–H and O–H groups in total. The van der Waals surface area contributed by atoms with Crippen LogP contribution in [-0.2, 0) is 0 Å². The minimum Gasteiger partial charge on any atom is -0.432 e. The molecular weight excluding hydrogens is 497 g/mol. The van der Waals surface area contributed by atoms with E-state index in [0.717, 1.165) is 24.8 Å². The number of ether oxygens (including phenoxy) is 1. The van der Waals surface area contributed by atoms with E-state index in [2.05, 4.69) is 6.92 Å². The summed E-state index contributed by atoms with van der Waals surface area (Å²) in [6.45, 7) is 2.27. The van der Waals surface area contributed by atoms with Crippen LogP contribution in [-0.4, -0.2) is 12.3 Å². The van der Waals surface area contributed by atoms with E-state index in [9.17, 15) is 30.7 Å². The zero-order valence-electron chi connectivity index (χ0n) is 21.3. The van der Waals surface area contributed by atoms with Crippen molar-refractivity contribution in [3.05, 3.63) is 41.5 Å². The van der Waals surface area contributed by atoms with Crippen LogP contribution < -0.4 is 4.74 Å². The van der Waals surface area contributed by atoms with E-state index in [4.69, 9.17) is 4.74 Å². The van der Waals surface area contributed by atoms with E-state index < -0.39 is 35.8 Å². The van der Waals surface area contributed by atoms with Crippen molar-refractivity contribution in [3.63, 3.8) is 0 Å². The molecule has 3 saturated carbocycles. The fourth-order valence-corrected chi connectivity index (χ4v) is 6.78. The zero-order chi connectivity index (χ0) is 26.8.